The molecular weight excluding hydrogens is 492 g/mol. The summed E-state index contributed by atoms with van der Waals surface area (Å²) in [5.74, 6) is 1.93. The van der Waals surface area contributed by atoms with Crippen LogP contribution in [0.3, 0.4) is 0 Å². The predicted molar refractivity (Wildman–Crippen MR) is 150 cm³/mol. The van der Waals surface area contributed by atoms with E-state index in [1.807, 2.05) is 12.2 Å². The molecule has 6 rings (SSSR count). The van der Waals surface area contributed by atoms with Gasteiger partial charge in [0, 0.05) is 18.3 Å². The first kappa shape index (κ1) is 26.6. The largest absolute Gasteiger partial charge is 0.490 e. The van der Waals surface area contributed by atoms with Gasteiger partial charge in [0.15, 0.2) is 0 Å². The highest BCUT2D eigenvalue weighted by Crippen LogP contribution is 2.41. The molecule has 4 unspecified atom stereocenters. The fourth-order valence-electron chi connectivity index (χ4n) is 5.23. The Hall–Kier alpha value is -2.64. The molecule has 39 heavy (non-hydrogen) atoms. The van der Waals surface area contributed by atoms with Crippen LogP contribution in [0.15, 0.2) is 49.6 Å². The Bertz CT molecular complexity index is 1120. The molecule has 6 nitrogen and oxygen atoms in total. The van der Waals surface area contributed by atoms with Gasteiger partial charge in [-0.25, -0.2) is 0 Å². The van der Waals surface area contributed by atoms with Crippen LogP contribution in [-0.2, 0) is 50.0 Å². The van der Waals surface area contributed by atoms with Crippen molar-refractivity contribution in [2.24, 2.45) is 0 Å². The van der Waals surface area contributed by atoms with Gasteiger partial charge >= 0.3 is 0 Å². The molecule has 0 aliphatic carbocycles. The summed E-state index contributed by atoms with van der Waals surface area (Å²) in [6.07, 6.45) is 8.00. The van der Waals surface area contributed by atoms with Crippen molar-refractivity contribution < 1.29 is 28.4 Å². The monoisotopic (exact) mass is 532 g/mol. The minimum Gasteiger partial charge on any atom is -0.490 e. The van der Waals surface area contributed by atoms with E-state index in [2.05, 4.69) is 51.3 Å². The van der Waals surface area contributed by atoms with Crippen LogP contribution in [0.2, 0.25) is 0 Å². The standard InChI is InChI=1S/C33H40O6/c1-5-7-21-9-25(11-23(13-27-15-34-27)31(21)38-19-29-17-36-29)33(3,4)26-10-22(8-6-2)32(39-20-30-18-37-30)24(12-26)14-28-16-35-28/h5-6,9-12,27-30H,1-2,7-8,13-20H2,3-4H3. The Morgan fingerprint density at radius 1 is 0.667 bits per heavy atom. The van der Waals surface area contributed by atoms with Crippen LogP contribution in [0.1, 0.15) is 47.2 Å². The van der Waals surface area contributed by atoms with Crippen molar-refractivity contribution >= 4 is 0 Å². The second kappa shape index (κ2) is 11.1. The summed E-state index contributed by atoms with van der Waals surface area (Å²) in [7, 11) is 0. The van der Waals surface area contributed by atoms with E-state index in [0.29, 0.717) is 13.2 Å². The molecule has 0 aromatic heterocycles. The number of benzene rings is 2. The van der Waals surface area contributed by atoms with Gasteiger partial charge in [-0.3, -0.25) is 0 Å². The highest BCUT2D eigenvalue weighted by atomic mass is 16.6. The SMILES string of the molecule is C=CCc1cc(C(C)(C)c2cc(CC=C)c(OCC3CO3)c(CC3CO3)c2)cc(CC2CO2)c1OCC1CO1. The summed E-state index contributed by atoms with van der Waals surface area (Å²) >= 11 is 0. The van der Waals surface area contributed by atoms with Crippen molar-refractivity contribution in [3.8, 4) is 11.5 Å². The van der Waals surface area contributed by atoms with Crippen LogP contribution in [0, 0.1) is 0 Å². The Labute approximate surface area is 231 Å². The van der Waals surface area contributed by atoms with Gasteiger partial charge in [0.2, 0.25) is 0 Å². The molecule has 0 N–H and O–H groups in total. The lowest BCUT2D eigenvalue weighted by Crippen LogP contribution is -2.22. The first-order valence-electron chi connectivity index (χ1n) is 14.2. The van der Waals surface area contributed by atoms with Crippen LogP contribution >= 0.6 is 0 Å². The minimum atomic E-state index is -0.263. The van der Waals surface area contributed by atoms with Crippen molar-refractivity contribution in [3.63, 3.8) is 0 Å². The summed E-state index contributed by atoms with van der Waals surface area (Å²) in [6, 6.07) is 9.24. The maximum absolute atomic E-state index is 6.35. The minimum absolute atomic E-state index is 0.201. The maximum atomic E-state index is 6.35. The zero-order valence-corrected chi connectivity index (χ0v) is 23.2. The molecule has 4 atom stereocenters. The molecule has 4 fully saturated rings. The summed E-state index contributed by atoms with van der Waals surface area (Å²) in [5.41, 5.74) is 6.96. The zero-order chi connectivity index (χ0) is 27.0. The molecule has 4 heterocycles. The van der Waals surface area contributed by atoms with Gasteiger partial charge < -0.3 is 28.4 Å². The third kappa shape index (κ3) is 6.58. The lowest BCUT2D eigenvalue weighted by atomic mass is 9.75. The van der Waals surface area contributed by atoms with Gasteiger partial charge in [-0.1, -0.05) is 50.3 Å². The number of ether oxygens (including phenoxy) is 6. The second-order valence-corrected chi connectivity index (χ2v) is 11.7. The smallest absolute Gasteiger partial charge is 0.126 e. The number of rotatable bonds is 16. The van der Waals surface area contributed by atoms with Gasteiger partial charge in [0.25, 0.3) is 0 Å². The van der Waals surface area contributed by atoms with Crippen molar-refractivity contribution in [3.05, 3.63) is 83.0 Å². The van der Waals surface area contributed by atoms with Crippen LogP contribution < -0.4 is 9.47 Å². The van der Waals surface area contributed by atoms with Crippen molar-refractivity contribution in [1.82, 2.24) is 0 Å². The van der Waals surface area contributed by atoms with Crippen LogP contribution in [0.25, 0.3) is 0 Å². The molecule has 0 radical (unpaired) electrons. The summed E-state index contributed by atoms with van der Waals surface area (Å²) < 4.78 is 34.8. The predicted octanol–water partition coefficient (Wildman–Crippen LogP) is 4.91. The van der Waals surface area contributed by atoms with Crippen LogP contribution in [0.5, 0.6) is 11.5 Å². The molecule has 4 aliphatic heterocycles. The molecular formula is C33H40O6. The van der Waals surface area contributed by atoms with Crippen LogP contribution in [-0.4, -0.2) is 64.1 Å². The zero-order valence-electron chi connectivity index (χ0n) is 23.2. The molecule has 6 heteroatoms. The van der Waals surface area contributed by atoms with Gasteiger partial charge in [-0.2, -0.15) is 0 Å². The van der Waals surface area contributed by atoms with Gasteiger partial charge in [-0.05, 0) is 46.2 Å². The van der Waals surface area contributed by atoms with E-state index in [0.717, 1.165) is 74.7 Å². The molecule has 208 valence electrons. The Morgan fingerprint density at radius 2 is 1.03 bits per heavy atom. The first-order valence-corrected chi connectivity index (χ1v) is 14.2. The highest BCUT2D eigenvalue weighted by molar-refractivity contribution is 5.54. The normalized spacial score (nSPS) is 24.7. The third-order valence-corrected chi connectivity index (χ3v) is 7.99. The van der Waals surface area contributed by atoms with Gasteiger partial charge in [0.05, 0.1) is 38.6 Å². The average Bonchev–Trinajstić information content (AvgIpc) is 3.74. The van der Waals surface area contributed by atoms with Gasteiger partial charge in [-0.15, -0.1) is 13.2 Å². The topological polar surface area (TPSA) is 68.6 Å². The van der Waals surface area contributed by atoms with E-state index in [1.54, 1.807) is 0 Å². The molecule has 4 aliphatic rings. The fraction of sp³-hybridized carbons (Fsp3) is 0.515. The lowest BCUT2D eigenvalue weighted by Gasteiger charge is -2.30. The Morgan fingerprint density at radius 3 is 1.36 bits per heavy atom. The molecule has 2 aromatic carbocycles. The van der Waals surface area contributed by atoms with E-state index in [-0.39, 0.29) is 29.8 Å². The Balaban J connectivity index is 1.39. The number of allylic oxidation sites excluding steroid dienone is 2. The molecule has 0 spiro atoms. The molecule has 0 bridgehead atoms. The number of hydrogen-bond acceptors (Lipinski definition) is 6. The third-order valence-electron chi connectivity index (χ3n) is 7.99. The lowest BCUT2D eigenvalue weighted by molar-refractivity contribution is 0.258. The number of hydrogen-bond donors (Lipinski definition) is 0. The Kier molecular flexibility index (Phi) is 7.56. The van der Waals surface area contributed by atoms with Crippen molar-refractivity contribution in [1.29, 1.82) is 0 Å². The van der Waals surface area contributed by atoms with Gasteiger partial charge in [0.1, 0.15) is 36.9 Å². The maximum Gasteiger partial charge on any atom is 0.126 e. The van der Waals surface area contributed by atoms with Crippen molar-refractivity contribution in [2.75, 3.05) is 39.6 Å². The molecule has 0 amide bonds. The van der Waals surface area contributed by atoms with E-state index in [9.17, 15) is 0 Å². The number of epoxide rings is 4. The quantitative estimate of drug-likeness (QED) is 0.226. The van der Waals surface area contributed by atoms with E-state index < -0.39 is 0 Å². The van der Waals surface area contributed by atoms with Crippen LogP contribution in [0.4, 0.5) is 0 Å². The van der Waals surface area contributed by atoms with Crippen molar-refractivity contribution in [2.45, 2.75) is 69.4 Å². The fourth-order valence-corrected chi connectivity index (χ4v) is 5.23. The second-order valence-electron chi connectivity index (χ2n) is 11.7. The molecule has 2 aromatic rings. The molecule has 0 saturated carbocycles. The first-order chi connectivity index (χ1) is 18.9. The van der Waals surface area contributed by atoms with E-state index in [1.165, 1.54) is 22.3 Å². The summed E-state index contributed by atoms with van der Waals surface area (Å²) in [5, 5.41) is 0. The molecule has 4 saturated heterocycles. The summed E-state index contributed by atoms with van der Waals surface area (Å²) in [4.78, 5) is 0. The van der Waals surface area contributed by atoms with E-state index >= 15 is 0 Å². The highest BCUT2D eigenvalue weighted by Gasteiger charge is 2.33. The summed E-state index contributed by atoms with van der Waals surface area (Å²) in [6.45, 7) is 17.0. The van der Waals surface area contributed by atoms with E-state index in [4.69, 9.17) is 28.4 Å². The average molecular weight is 533 g/mol.